The van der Waals surface area contributed by atoms with Gasteiger partial charge in [0.05, 0.1) is 11.8 Å². The number of hydrogen-bond donors (Lipinski definition) is 0. The maximum Gasteiger partial charge on any atom is 0.155 e. The van der Waals surface area contributed by atoms with Crippen molar-refractivity contribution in [1.29, 1.82) is 0 Å². The molecule has 82 valence electrons. The van der Waals surface area contributed by atoms with E-state index in [1.807, 2.05) is 0 Å². The van der Waals surface area contributed by atoms with Crippen LogP contribution < -0.4 is 0 Å². The van der Waals surface area contributed by atoms with E-state index < -0.39 is 0 Å². The number of halogens is 2. The van der Waals surface area contributed by atoms with Crippen molar-refractivity contribution in [2.45, 2.75) is 6.42 Å². The van der Waals surface area contributed by atoms with E-state index >= 15 is 0 Å². The Morgan fingerprint density at radius 3 is 3.06 bits per heavy atom. The van der Waals surface area contributed by atoms with Gasteiger partial charge in [0.1, 0.15) is 5.82 Å². The zero-order chi connectivity index (χ0) is 11.5. The molecule has 5 heteroatoms. The lowest BCUT2D eigenvalue weighted by Gasteiger charge is -2.01. The highest BCUT2D eigenvalue weighted by Gasteiger charge is 2.11. The predicted octanol–water partition coefficient (Wildman–Crippen LogP) is 2.87. The Bertz CT molecular complexity index is 524. The molecule has 3 nitrogen and oxygen atoms in total. The molecule has 0 aliphatic heterocycles. The van der Waals surface area contributed by atoms with Crippen LogP contribution in [0.2, 0.25) is 5.02 Å². The number of aldehydes is 1. The minimum absolute atomic E-state index is 0.241. The summed E-state index contributed by atoms with van der Waals surface area (Å²) in [5.41, 5.74) is 0.904. The molecule has 2 rings (SSSR count). The van der Waals surface area contributed by atoms with Crippen molar-refractivity contribution >= 4 is 17.9 Å². The van der Waals surface area contributed by atoms with Gasteiger partial charge in [0.25, 0.3) is 0 Å². The van der Waals surface area contributed by atoms with Gasteiger partial charge >= 0.3 is 0 Å². The van der Waals surface area contributed by atoms with Crippen molar-refractivity contribution in [1.82, 2.24) is 5.16 Å². The van der Waals surface area contributed by atoms with Crippen molar-refractivity contribution in [2.75, 3.05) is 0 Å². The van der Waals surface area contributed by atoms with Gasteiger partial charge in [0, 0.05) is 11.4 Å². The Labute approximate surface area is 95.8 Å². The second kappa shape index (κ2) is 4.45. The molecule has 0 amide bonds. The number of carbonyl (C=O) groups is 1. The summed E-state index contributed by atoms with van der Waals surface area (Å²) in [4.78, 5) is 10.6. The molecule has 2 aromatic rings. The summed E-state index contributed by atoms with van der Waals surface area (Å²) >= 11 is 5.89. The summed E-state index contributed by atoms with van der Waals surface area (Å²) in [6, 6.07) is 4.04. The van der Waals surface area contributed by atoms with Crippen molar-refractivity contribution in [3.05, 3.63) is 52.1 Å². The molecule has 0 aliphatic rings. The largest absolute Gasteiger partial charge is 0.360 e. The van der Waals surface area contributed by atoms with E-state index in [4.69, 9.17) is 16.1 Å². The van der Waals surface area contributed by atoms with Crippen molar-refractivity contribution < 1.29 is 13.7 Å². The lowest BCUT2D eigenvalue weighted by Crippen LogP contribution is -1.92. The molecular weight excluding hydrogens is 233 g/mol. The number of aromatic nitrogens is 1. The molecule has 16 heavy (non-hydrogen) atoms. The standard InChI is InChI=1S/C11H7ClFNO2/c12-10-2-1-9(13)3-7(10)4-11-8(6-15)5-14-16-11/h1-3,5-6H,4H2. The molecule has 0 N–H and O–H groups in total. The summed E-state index contributed by atoms with van der Waals surface area (Å²) in [6.07, 6.45) is 2.19. The van der Waals surface area contributed by atoms with E-state index in [1.54, 1.807) is 0 Å². The van der Waals surface area contributed by atoms with Crippen LogP contribution in [-0.2, 0) is 6.42 Å². The van der Waals surface area contributed by atoms with Gasteiger partial charge in [-0.1, -0.05) is 16.8 Å². The van der Waals surface area contributed by atoms with Crippen LogP contribution in [0, 0.1) is 5.82 Å². The van der Waals surface area contributed by atoms with Gasteiger partial charge in [0.15, 0.2) is 12.0 Å². The van der Waals surface area contributed by atoms with Gasteiger partial charge in [-0.2, -0.15) is 0 Å². The van der Waals surface area contributed by atoms with Crippen LogP contribution in [0.25, 0.3) is 0 Å². The lowest BCUT2D eigenvalue weighted by molar-refractivity contribution is 0.112. The molecule has 0 radical (unpaired) electrons. The Kier molecular flexibility index (Phi) is 3.01. The van der Waals surface area contributed by atoms with E-state index in [0.717, 1.165) is 0 Å². The molecular formula is C11H7ClFNO2. The molecule has 0 bridgehead atoms. The quantitative estimate of drug-likeness (QED) is 0.774. The Hall–Kier alpha value is -1.68. The molecule has 1 heterocycles. The van der Waals surface area contributed by atoms with Crippen LogP contribution in [0.4, 0.5) is 4.39 Å². The second-order valence-corrected chi connectivity index (χ2v) is 3.64. The van der Waals surface area contributed by atoms with E-state index in [-0.39, 0.29) is 12.2 Å². The smallest absolute Gasteiger partial charge is 0.155 e. The maximum absolute atomic E-state index is 13.0. The highest BCUT2D eigenvalue weighted by molar-refractivity contribution is 6.31. The first-order valence-electron chi connectivity index (χ1n) is 4.53. The van der Waals surface area contributed by atoms with Crippen LogP contribution in [0.5, 0.6) is 0 Å². The van der Waals surface area contributed by atoms with E-state index in [0.29, 0.717) is 28.2 Å². The minimum Gasteiger partial charge on any atom is -0.360 e. The molecule has 0 saturated heterocycles. The van der Waals surface area contributed by atoms with Gasteiger partial charge < -0.3 is 4.52 Å². The second-order valence-electron chi connectivity index (χ2n) is 3.23. The average molecular weight is 240 g/mol. The third-order valence-corrected chi connectivity index (χ3v) is 2.53. The lowest BCUT2D eigenvalue weighted by atomic mass is 10.1. The number of hydrogen-bond acceptors (Lipinski definition) is 3. The third-order valence-electron chi connectivity index (χ3n) is 2.16. The van der Waals surface area contributed by atoms with Crippen LogP contribution in [-0.4, -0.2) is 11.4 Å². The van der Waals surface area contributed by atoms with E-state index in [2.05, 4.69) is 5.16 Å². The topological polar surface area (TPSA) is 43.1 Å². The van der Waals surface area contributed by atoms with Gasteiger partial charge in [-0.25, -0.2) is 4.39 Å². The molecule has 0 saturated carbocycles. The molecule has 0 spiro atoms. The average Bonchev–Trinajstić information content (AvgIpc) is 2.71. The van der Waals surface area contributed by atoms with Crippen LogP contribution in [0.1, 0.15) is 21.7 Å². The number of benzene rings is 1. The first-order valence-corrected chi connectivity index (χ1v) is 4.91. The maximum atomic E-state index is 13.0. The zero-order valence-electron chi connectivity index (χ0n) is 8.11. The van der Waals surface area contributed by atoms with Gasteiger partial charge in [0.2, 0.25) is 0 Å². The fourth-order valence-electron chi connectivity index (χ4n) is 1.35. The van der Waals surface area contributed by atoms with Crippen molar-refractivity contribution in [3.63, 3.8) is 0 Å². The molecule has 0 unspecified atom stereocenters. The summed E-state index contributed by atoms with van der Waals surface area (Å²) < 4.78 is 17.9. The van der Waals surface area contributed by atoms with Crippen LogP contribution in [0.15, 0.2) is 28.9 Å². The van der Waals surface area contributed by atoms with E-state index in [9.17, 15) is 9.18 Å². The monoisotopic (exact) mass is 239 g/mol. The first-order chi connectivity index (χ1) is 7.70. The zero-order valence-corrected chi connectivity index (χ0v) is 8.87. The van der Waals surface area contributed by atoms with Gasteiger partial charge in [-0.05, 0) is 23.8 Å². The van der Waals surface area contributed by atoms with Gasteiger partial charge in [-0.3, -0.25) is 4.79 Å². The van der Waals surface area contributed by atoms with Gasteiger partial charge in [-0.15, -0.1) is 0 Å². The highest BCUT2D eigenvalue weighted by atomic mass is 35.5. The fourth-order valence-corrected chi connectivity index (χ4v) is 1.54. The Morgan fingerprint density at radius 2 is 2.31 bits per heavy atom. The summed E-state index contributed by atoms with van der Waals surface area (Å²) in [5.74, 6) is -0.00549. The fraction of sp³-hybridized carbons (Fsp3) is 0.0909. The van der Waals surface area contributed by atoms with Crippen LogP contribution in [0.3, 0.4) is 0 Å². The number of nitrogens with zero attached hydrogens (tertiary/aromatic N) is 1. The summed E-state index contributed by atoms with van der Waals surface area (Å²) in [5, 5.41) is 3.92. The normalized spacial score (nSPS) is 10.4. The molecule has 0 atom stereocenters. The molecule has 0 fully saturated rings. The highest BCUT2D eigenvalue weighted by Crippen LogP contribution is 2.21. The number of carbonyl (C=O) groups excluding carboxylic acids is 1. The molecule has 1 aromatic carbocycles. The SMILES string of the molecule is O=Cc1cnoc1Cc1cc(F)ccc1Cl. The first kappa shape index (κ1) is 10.8. The number of rotatable bonds is 3. The van der Waals surface area contributed by atoms with Crippen molar-refractivity contribution in [3.8, 4) is 0 Å². The predicted molar refractivity (Wildman–Crippen MR) is 56.1 cm³/mol. The van der Waals surface area contributed by atoms with Crippen LogP contribution >= 0.6 is 11.6 Å². The molecule has 1 aromatic heterocycles. The Morgan fingerprint density at radius 1 is 1.50 bits per heavy atom. The minimum atomic E-state index is -0.383. The summed E-state index contributed by atoms with van der Waals surface area (Å²) in [7, 11) is 0. The molecule has 0 aliphatic carbocycles. The third kappa shape index (κ3) is 2.12. The summed E-state index contributed by atoms with van der Waals surface area (Å²) in [6.45, 7) is 0. The van der Waals surface area contributed by atoms with E-state index in [1.165, 1.54) is 24.4 Å². The Balaban J connectivity index is 2.33. The van der Waals surface area contributed by atoms with Crippen molar-refractivity contribution in [2.24, 2.45) is 0 Å².